The number of carbonyl (C=O) groups excluding carboxylic acids is 3. The number of esters is 3. The minimum absolute atomic E-state index is 0.0227. The van der Waals surface area contributed by atoms with Crippen molar-refractivity contribution < 1.29 is 33.3 Å². The molecule has 0 spiro atoms. The Kier molecular flexibility index (Phi) is 6.55. The molecule has 11 nitrogen and oxygen atoms in total. The van der Waals surface area contributed by atoms with Gasteiger partial charge in [-0.05, 0) is 25.1 Å². The maximum atomic E-state index is 12.6. The van der Waals surface area contributed by atoms with Crippen molar-refractivity contribution in [1.82, 2.24) is 14.6 Å². The zero-order chi connectivity index (χ0) is 24.2. The van der Waals surface area contributed by atoms with Crippen LogP contribution in [0.2, 0.25) is 0 Å². The standard InChI is InChI=1S/C23H22N4O7/c1-4-34-22(29)16-11-25-27-18(8-9-24-20(16)27)14-6-5-7-15(10-14)26-13-33-12-17(21(28)31-2)19(26)23(30)32-3/h5-11H,4,12-13H2,1-3H3. The lowest BCUT2D eigenvalue weighted by atomic mass is 10.1. The summed E-state index contributed by atoms with van der Waals surface area (Å²) in [6, 6.07) is 8.94. The van der Waals surface area contributed by atoms with E-state index in [9.17, 15) is 14.4 Å². The molecule has 1 aliphatic rings. The highest BCUT2D eigenvalue weighted by atomic mass is 16.5. The van der Waals surface area contributed by atoms with Gasteiger partial charge in [-0.2, -0.15) is 5.10 Å². The minimum Gasteiger partial charge on any atom is -0.466 e. The number of methoxy groups -OCH3 is 2. The third-order valence-corrected chi connectivity index (χ3v) is 5.18. The molecule has 11 heteroatoms. The first-order chi connectivity index (χ1) is 16.5. The van der Waals surface area contributed by atoms with Gasteiger partial charge in [0.15, 0.2) is 5.65 Å². The van der Waals surface area contributed by atoms with Crippen LogP contribution in [-0.2, 0) is 28.5 Å². The van der Waals surface area contributed by atoms with E-state index in [0.717, 1.165) is 5.56 Å². The number of rotatable bonds is 6. The number of nitrogens with zero attached hydrogens (tertiary/aromatic N) is 4. The molecule has 0 fully saturated rings. The summed E-state index contributed by atoms with van der Waals surface area (Å²) in [5.74, 6) is -1.88. The highest BCUT2D eigenvalue weighted by molar-refractivity contribution is 6.03. The van der Waals surface area contributed by atoms with Crippen molar-refractivity contribution in [3.05, 3.63) is 59.6 Å². The molecule has 0 N–H and O–H groups in total. The fourth-order valence-electron chi connectivity index (χ4n) is 3.64. The third kappa shape index (κ3) is 4.08. The molecule has 0 saturated heterocycles. The molecule has 176 valence electrons. The molecular formula is C23H22N4O7. The van der Waals surface area contributed by atoms with Gasteiger partial charge in [0, 0.05) is 17.4 Å². The minimum atomic E-state index is -0.688. The van der Waals surface area contributed by atoms with E-state index in [0.29, 0.717) is 17.0 Å². The summed E-state index contributed by atoms with van der Waals surface area (Å²) in [7, 11) is 2.47. The quantitative estimate of drug-likeness (QED) is 0.394. The summed E-state index contributed by atoms with van der Waals surface area (Å²) in [4.78, 5) is 42.9. The predicted octanol–water partition coefficient (Wildman–Crippen LogP) is 1.97. The molecule has 0 aliphatic carbocycles. The second-order valence-corrected chi connectivity index (χ2v) is 7.11. The zero-order valence-corrected chi connectivity index (χ0v) is 18.8. The van der Waals surface area contributed by atoms with Crippen LogP contribution in [0.25, 0.3) is 16.9 Å². The molecule has 3 heterocycles. The van der Waals surface area contributed by atoms with Gasteiger partial charge >= 0.3 is 17.9 Å². The van der Waals surface area contributed by atoms with Crippen LogP contribution in [0.4, 0.5) is 5.69 Å². The first-order valence-electron chi connectivity index (χ1n) is 10.4. The Bertz CT molecular complexity index is 1300. The van der Waals surface area contributed by atoms with E-state index in [2.05, 4.69) is 10.1 Å². The number of ether oxygens (including phenoxy) is 4. The van der Waals surface area contributed by atoms with Crippen molar-refractivity contribution >= 4 is 29.2 Å². The Morgan fingerprint density at radius 2 is 1.88 bits per heavy atom. The van der Waals surface area contributed by atoms with Crippen LogP contribution in [0.5, 0.6) is 0 Å². The lowest BCUT2D eigenvalue weighted by molar-refractivity contribution is -0.140. The summed E-state index contributed by atoms with van der Waals surface area (Å²) in [6.07, 6.45) is 2.98. The topological polar surface area (TPSA) is 122 Å². The van der Waals surface area contributed by atoms with E-state index in [1.54, 1.807) is 37.4 Å². The molecule has 0 bridgehead atoms. The Labute approximate surface area is 194 Å². The number of fused-ring (bicyclic) bond motifs is 1. The smallest absolute Gasteiger partial charge is 0.355 e. The van der Waals surface area contributed by atoms with Gasteiger partial charge in [0.25, 0.3) is 0 Å². The van der Waals surface area contributed by atoms with E-state index in [4.69, 9.17) is 18.9 Å². The zero-order valence-electron chi connectivity index (χ0n) is 18.8. The summed E-state index contributed by atoms with van der Waals surface area (Å²) < 4.78 is 21.9. The maximum absolute atomic E-state index is 12.6. The lowest BCUT2D eigenvalue weighted by Gasteiger charge is -2.31. The summed E-state index contributed by atoms with van der Waals surface area (Å²) in [5, 5.41) is 4.31. The Morgan fingerprint density at radius 1 is 1.09 bits per heavy atom. The highest BCUT2D eigenvalue weighted by Crippen LogP contribution is 2.30. The fourth-order valence-corrected chi connectivity index (χ4v) is 3.64. The van der Waals surface area contributed by atoms with E-state index in [1.807, 2.05) is 6.07 Å². The van der Waals surface area contributed by atoms with Gasteiger partial charge < -0.3 is 23.8 Å². The van der Waals surface area contributed by atoms with Crippen molar-refractivity contribution in [3.8, 4) is 11.3 Å². The maximum Gasteiger partial charge on any atom is 0.355 e. The molecule has 0 saturated carbocycles. The average molecular weight is 466 g/mol. The molecular weight excluding hydrogens is 444 g/mol. The number of benzene rings is 1. The second-order valence-electron chi connectivity index (χ2n) is 7.11. The van der Waals surface area contributed by atoms with Gasteiger partial charge in [-0.25, -0.2) is 23.9 Å². The van der Waals surface area contributed by atoms with Crippen LogP contribution in [0.1, 0.15) is 17.3 Å². The van der Waals surface area contributed by atoms with Gasteiger partial charge in [0.2, 0.25) is 0 Å². The van der Waals surface area contributed by atoms with E-state index in [-0.39, 0.29) is 36.8 Å². The molecule has 0 unspecified atom stereocenters. The molecule has 0 amide bonds. The van der Waals surface area contributed by atoms with Crippen molar-refractivity contribution in [3.63, 3.8) is 0 Å². The van der Waals surface area contributed by atoms with Crippen molar-refractivity contribution in [2.45, 2.75) is 6.92 Å². The highest BCUT2D eigenvalue weighted by Gasteiger charge is 2.32. The molecule has 4 rings (SSSR count). The van der Waals surface area contributed by atoms with Crippen LogP contribution in [0.15, 0.2) is 54.0 Å². The third-order valence-electron chi connectivity index (χ3n) is 5.18. The average Bonchev–Trinajstić information content (AvgIpc) is 3.32. The Morgan fingerprint density at radius 3 is 2.62 bits per heavy atom. The molecule has 1 aliphatic heterocycles. The summed E-state index contributed by atoms with van der Waals surface area (Å²) in [6.45, 7) is 1.90. The first-order valence-corrected chi connectivity index (χ1v) is 10.4. The van der Waals surface area contributed by atoms with Gasteiger partial charge in [-0.3, -0.25) is 0 Å². The van der Waals surface area contributed by atoms with Gasteiger partial charge in [0.05, 0.1) is 44.9 Å². The van der Waals surface area contributed by atoms with Crippen LogP contribution in [-0.4, -0.2) is 66.7 Å². The van der Waals surface area contributed by atoms with Crippen LogP contribution in [0, 0.1) is 0 Å². The number of hydrogen-bond acceptors (Lipinski definition) is 10. The monoisotopic (exact) mass is 466 g/mol. The molecule has 0 radical (unpaired) electrons. The normalized spacial score (nSPS) is 13.7. The molecule has 3 aromatic rings. The summed E-state index contributed by atoms with van der Waals surface area (Å²) >= 11 is 0. The van der Waals surface area contributed by atoms with Crippen molar-refractivity contribution in [2.24, 2.45) is 0 Å². The Balaban J connectivity index is 1.80. The number of carbonyl (C=O) groups is 3. The van der Waals surface area contributed by atoms with Crippen LogP contribution < -0.4 is 4.90 Å². The number of aromatic nitrogens is 3. The second kappa shape index (κ2) is 9.71. The predicted molar refractivity (Wildman–Crippen MR) is 119 cm³/mol. The first kappa shape index (κ1) is 22.9. The SMILES string of the molecule is CCOC(=O)c1cnn2c(-c3cccc(N4COCC(C(=O)OC)=C4C(=O)OC)c3)ccnc12. The van der Waals surface area contributed by atoms with Crippen molar-refractivity contribution in [1.29, 1.82) is 0 Å². The lowest BCUT2D eigenvalue weighted by Crippen LogP contribution is -2.38. The van der Waals surface area contributed by atoms with Gasteiger partial charge in [0.1, 0.15) is 18.0 Å². The number of hydrogen-bond donors (Lipinski definition) is 0. The van der Waals surface area contributed by atoms with E-state index in [1.165, 1.54) is 29.8 Å². The molecule has 0 atom stereocenters. The summed E-state index contributed by atoms with van der Waals surface area (Å²) in [5.41, 5.74) is 2.65. The van der Waals surface area contributed by atoms with Gasteiger partial charge in [-0.1, -0.05) is 12.1 Å². The van der Waals surface area contributed by atoms with Crippen molar-refractivity contribution in [2.75, 3.05) is 39.1 Å². The number of anilines is 1. The Hall–Kier alpha value is -4.25. The van der Waals surface area contributed by atoms with Crippen LogP contribution >= 0.6 is 0 Å². The van der Waals surface area contributed by atoms with E-state index >= 15 is 0 Å². The molecule has 2 aromatic heterocycles. The fraction of sp³-hybridized carbons (Fsp3) is 0.261. The molecule has 34 heavy (non-hydrogen) atoms. The largest absolute Gasteiger partial charge is 0.466 e. The van der Waals surface area contributed by atoms with Gasteiger partial charge in [-0.15, -0.1) is 0 Å². The van der Waals surface area contributed by atoms with Crippen LogP contribution in [0.3, 0.4) is 0 Å². The van der Waals surface area contributed by atoms with E-state index < -0.39 is 17.9 Å². The molecule has 1 aromatic carbocycles.